The normalized spacial score (nSPS) is 16.0. The summed E-state index contributed by atoms with van der Waals surface area (Å²) in [4.78, 5) is 2.44. The van der Waals surface area contributed by atoms with Crippen molar-refractivity contribution in [1.29, 1.82) is 0 Å². The molecule has 0 aromatic heterocycles. The van der Waals surface area contributed by atoms with Gasteiger partial charge in [-0.2, -0.15) is 0 Å². The third kappa shape index (κ3) is 5.36. The minimum absolute atomic E-state index is 0.0310. The van der Waals surface area contributed by atoms with Crippen LogP contribution in [-0.2, 0) is 16.2 Å². The first-order valence-corrected chi connectivity index (χ1v) is 20.3. The molecule has 1 atom stereocenters. The van der Waals surface area contributed by atoms with Crippen LogP contribution in [0.2, 0.25) is 0 Å². The van der Waals surface area contributed by atoms with Gasteiger partial charge < -0.3 is 4.90 Å². The summed E-state index contributed by atoms with van der Waals surface area (Å²) in [5.74, 6) is 0. The fraction of sp³-hybridized carbons (Fsp3) is 0.143. The summed E-state index contributed by atoms with van der Waals surface area (Å²) in [6, 6.07) is 72.3. The summed E-state index contributed by atoms with van der Waals surface area (Å²) in [5.41, 5.74) is 19.8. The molecule has 0 bridgehead atoms. The first-order valence-electron chi connectivity index (χ1n) is 20.3. The van der Waals surface area contributed by atoms with Crippen LogP contribution in [0.15, 0.2) is 194 Å². The molecule has 0 N–H and O–H groups in total. The predicted octanol–water partition coefficient (Wildman–Crippen LogP) is 14.8. The van der Waals surface area contributed by atoms with Crippen molar-refractivity contribution in [3.8, 4) is 33.4 Å². The van der Waals surface area contributed by atoms with E-state index in [2.05, 4.69) is 234 Å². The highest BCUT2D eigenvalue weighted by Crippen LogP contribution is 2.63. The zero-order chi connectivity index (χ0) is 38.9. The van der Waals surface area contributed by atoms with Gasteiger partial charge in [-0.15, -0.1) is 0 Å². The molecule has 2 aliphatic carbocycles. The van der Waals surface area contributed by atoms with E-state index in [0.717, 1.165) is 17.1 Å². The molecule has 0 saturated carbocycles. The third-order valence-electron chi connectivity index (χ3n) is 12.7. The second-order valence-electron chi connectivity index (χ2n) is 17.3. The monoisotopic (exact) mass is 733 g/mol. The number of hydrogen-bond donors (Lipinski definition) is 0. The molecular weight excluding hydrogens is 687 g/mol. The number of hydrogen-bond acceptors (Lipinski definition) is 1. The molecular formula is C56H47N. The second kappa shape index (κ2) is 13.1. The number of benzene rings is 8. The van der Waals surface area contributed by atoms with Crippen LogP contribution in [0.3, 0.4) is 0 Å². The van der Waals surface area contributed by atoms with Crippen molar-refractivity contribution in [1.82, 2.24) is 0 Å². The van der Waals surface area contributed by atoms with E-state index < -0.39 is 5.41 Å². The van der Waals surface area contributed by atoms with E-state index in [1.54, 1.807) is 0 Å². The van der Waals surface area contributed by atoms with Crippen molar-refractivity contribution < 1.29 is 0 Å². The zero-order valence-electron chi connectivity index (χ0n) is 33.4. The van der Waals surface area contributed by atoms with Gasteiger partial charge in [0.25, 0.3) is 0 Å². The molecule has 0 amide bonds. The van der Waals surface area contributed by atoms with Crippen LogP contribution in [0, 0.1) is 0 Å². The second-order valence-corrected chi connectivity index (χ2v) is 17.3. The van der Waals surface area contributed by atoms with Crippen molar-refractivity contribution >= 4 is 17.1 Å². The molecule has 0 heterocycles. The van der Waals surface area contributed by atoms with Crippen molar-refractivity contribution in [2.24, 2.45) is 0 Å². The van der Waals surface area contributed by atoms with Gasteiger partial charge in [-0.05, 0) is 114 Å². The van der Waals surface area contributed by atoms with Crippen molar-refractivity contribution in [3.63, 3.8) is 0 Å². The Labute approximate surface area is 337 Å². The third-order valence-corrected chi connectivity index (χ3v) is 12.7. The van der Waals surface area contributed by atoms with E-state index in [-0.39, 0.29) is 10.8 Å². The Morgan fingerprint density at radius 3 is 1.40 bits per heavy atom. The van der Waals surface area contributed by atoms with Crippen molar-refractivity contribution in [2.45, 2.75) is 50.9 Å². The molecule has 0 radical (unpaired) electrons. The van der Waals surface area contributed by atoms with Crippen molar-refractivity contribution in [3.05, 3.63) is 233 Å². The summed E-state index contributed by atoms with van der Waals surface area (Å²) in [5, 5.41) is 0. The first kappa shape index (κ1) is 35.0. The molecule has 1 heteroatoms. The van der Waals surface area contributed by atoms with Crippen molar-refractivity contribution in [2.75, 3.05) is 4.90 Å². The molecule has 10 rings (SSSR count). The van der Waals surface area contributed by atoms with E-state index in [1.165, 1.54) is 72.3 Å². The number of fused-ring (bicyclic) bond motifs is 9. The molecule has 2 aliphatic rings. The van der Waals surface area contributed by atoms with E-state index in [9.17, 15) is 0 Å². The Kier molecular flexibility index (Phi) is 8.03. The van der Waals surface area contributed by atoms with Gasteiger partial charge in [0.05, 0.1) is 5.41 Å². The van der Waals surface area contributed by atoms with Crippen LogP contribution in [0.1, 0.15) is 73.6 Å². The highest BCUT2D eigenvalue weighted by atomic mass is 15.1. The summed E-state index contributed by atoms with van der Waals surface area (Å²) in [6.07, 6.45) is 0. The summed E-state index contributed by atoms with van der Waals surface area (Å²) >= 11 is 0. The largest absolute Gasteiger partial charge is 0.310 e. The molecule has 1 unspecified atom stereocenters. The fourth-order valence-electron chi connectivity index (χ4n) is 10.0. The molecule has 0 fully saturated rings. The van der Waals surface area contributed by atoms with Crippen LogP contribution < -0.4 is 4.90 Å². The molecule has 8 aromatic rings. The SMILES string of the molecule is CC(C)(C)c1cccc2c1-c1ccccc1C21c2ccccc2C(C)(C)c2ccc(N(c3ccc(-c4ccccc4)cc3)c3ccc(-c4ccccc4)cc3)cc21. The lowest BCUT2D eigenvalue weighted by atomic mass is 9.55. The minimum atomic E-state index is -0.495. The average molecular weight is 734 g/mol. The maximum Gasteiger partial charge on any atom is 0.0720 e. The quantitative estimate of drug-likeness (QED) is 0.170. The number of anilines is 3. The van der Waals surface area contributed by atoms with Crippen LogP contribution >= 0.6 is 0 Å². The van der Waals surface area contributed by atoms with Crippen LogP contribution in [0.5, 0.6) is 0 Å². The molecule has 276 valence electrons. The molecule has 0 aliphatic heterocycles. The van der Waals surface area contributed by atoms with Crippen LogP contribution in [0.25, 0.3) is 33.4 Å². The van der Waals surface area contributed by atoms with Gasteiger partial charge in [0.15, 0.2) is 0 Å². The maximum atomic E-state index is 2.53. The Morgan fingerprint density at radius 2 is 0.825 bits per heavy atom. The Balaban J connectivity index is 1.24. The summed E-state index contributed by atoms with van der Waals surface area (Å²) in [7, 11) is 0. The average Bonchev–Trinajstić information content (AvgIpc) is 3.55. The van der Waals surface area contributed by atoms with Gasteiger partial charge in [0, 0.05) is 22.5 Å². The van der Waals surface area contributed by atoms with E-state index in [0.29, 0.717) is 0 Å². The Morgan fingerprint density at radius 1 is 0.368 bits per heavy atom. The Hall–Kier alpha value is -6.44. The van der Waals surface area contributed by atoms with Gasteiger partial charge in [-0.25, -0.2) is 0 Å². The van der Waals surface area contributed by atoms with Gasteiger partial charge in [0.2, 0.25) is 0 Å². The highest BCUT2D eigenvalue weighted by molar-refractivity contribution is 5.91. The van der Waals surface area contributed by atoms with Gasteiger partial charge >= 0.3 is 0 Å². The predicted molar refractivity (Wildman–Crippen MR) is 240 cm³/mol. The van der Waals surface area contributed by atoms with Gasteiger partial charge in [-0.1, -0.05) is 192 Å². The highest BCUT2D eigenvalue weighted by Gasteiger charge is 2.54. The zero-order valence-corrected chi connectivity index (χ0v) is 33.4. The maximum absolute atomic E-state index is 2.53. The molecule has 57 heavy (non-hydrogen) atoms. The van der Waals surface area contributed by atoms with Crippen LogP contribution in [0.4, 0.5) is 17.1 Å². The number of rotatable bonds is 5. The lowest BCUT2D eigenvalue weighted by Gasteiger charge is -2.47. The minimum Gasteiger partial charge on any atom is -0.310 e. The lowest BCUT2D eigenvalue weighted by Crippen LogP contribution is -2.41. The van der Waals surface area contributed by atoms with E-state index >= 15 is 0 Å². The van der Waals surface area contributed by atoms with E-state index in [1.807, 2.05) is 0 Å². The lowest BCUT2D eigenvalue weighted by molar-refractivity contribution is 0.561. The first-order chi connectivity index (χ1) is 27.7. The Bertz CT molecular complexity index is 2690. The molecule has 0 saturated heterocycles. The van der Waals surface area contributed by atoms with E-state index in [4.69, 9.17) is 0 Å². The molecule has 1 nitrogen and oxygen atoms in total. The fourth-order valence-corrected chi connectivity index (χ4v) is 10.0. The summed E-state index contributed by atoms with van der Waals surface area (Å²) in [6.45, 7) is 11.9. The molecule has 1 spiro atoms. The molecule has 8 aromatic carbocycles. The van der Waals surface area contributed by atoms with Crippen LogP contribution in [-0.4, -0.2) is 0 Å². The van der Waals surface area contributed by atoms with Gasteiger partial charge in [-0.3, -0.25) is 0 Å². The standard InChI is InChI=1S/C56H47N/c1-54(2,3)50-25-16-26-51-53(50)45-21-12-13-22-46(45)56(51)49-24-15-14-23-47(49)55(4,5)48-36-35-44(37-52(48)56)57(42-31-27-40(28-32-42)38-17-8-6-9-18-38)43-33-29-41(30-34-43)39-19-10-7-11-20-39/h6-37H,1-5H3. The smallest absolute Gasteiger partial charge is 0.0720 e. The van der Waals surface area contributed by atoms with Gasteiger partial charge in [0.1, 0.15) is 0 Å². The topological polar surface area (TPSA) is 3.24 Å². The number of nitrogens with zero attached hydrogens (tertiary/aromatic N) is 1. The summed E-state index contributed by atoms with van der Waals surface area (Å²) < 4.78 is 0.